The van der Waals surface area contributed by atoms with Gasteiger partial charge in [0.25, 0.3) is 0 Å². The number of likely N-dealkylation sites (tertiary alicyclic amines) is 1. The van der Waals surface area contributed by atoms with Gasteiger partial charge in [0.15, 0.2) is 0 Å². The third-order valence-corrected chi connectivity index (χ3v) is 6.66. The monoisotopic (exact) mass is 426 g/mol. The van der Waals surface area contributed by atoms with Crippen molar-refractivity contribution >= 4 is 5.97 Å². The summed E-state index contributed by atoms with van der Waals surface area (Å²) in [5.74, 6) is 0.0739. The Morgan fingerprint density at radius 1 is 1.16 bits per heavy atom. The van der Waals surface area contributed by atoms with Crippen LogP contribution in [0.5, 0.6) is 5.75 Å². The minimum atomic E-state index is -0.756. The van der Waals surface area contributed by atoms with Crippen LogP contribution in [0.2, 0.25) is 0 Å². The van der Waals surface area contributed by atoms with Crippen LogP contribution in [0.4, 0.5) is 4.39 Å². The number of nitrogens with zero attached hydrogens (tertiary/aromatic N) is 1. The lowest BCUT2D eigenvalue weighted by Gasteiger charge is -2.41. The van der Waals surface area contributed by atoms with Gasteiger partial charge in [0.05, 0.1) is 13.0 Å². The molecule has 1 saturated heterocycles. The van der Waals surface area contributed by atoms with Gasteiger partial charge in [-0.25, -0.2) is 4.39 Å². The normalized spacial score (nSPS) is 22.7. The topological polar surface area (TPSA) is 61.8 Å². The summed E-state index contributed by atoms with van der Waals surface area (Å²) in [6.45, 7) is 3.67. The first-order valence-electron chi connectivity index (χ1n) is 11.1. The number of benzene rings is 2. The molecule has 0 amide bonds. The highest BCUT2D eigenvalue weighted by Gasteiger charge is 2.41. The molecule has 2 aromatic carbocycles. The van der Waals surface area contributed by atoms with E-state index in [9.17, 15) is 9.18 Å². The Morgan fingerprint density at radius 2 is 1.94 bits per heavy atom. The molecular formula is C25H31FN2O3. The molecule has 5 nitrogen and oxygen atoms in total. The number of carboxylic acid groups (broad SMARTS) is 1. The predicted octanol–water partition coefficient (Wildman–Crippen LogP) is 3.91. The van der Waals surface area contributed by atoms with Crippen molar-refractivity contribution in [2.75, 3.05) is 32.8 Å². The van der Waals surface area contributed by atoms with Crippen LogP contribution in [-0.2, 0) is 4.79 Å². The average molecular weight is 427 g/mol. The molecule has 31 heavy (non-hydrogen) atoms. The van der Waals surface area contributed by atoms with E-state index in [4.69, 9.17) is 9.84 Å². The van der Waals surface area contributed by atoms with Gasteiger partial charge in [-0.1, -0.05) is 36.4 Å². The summed E-state index contributed by atoms with van der Waals surface area (Å²) >= 11 is 0. The molecule has 1 heterocycles. The lowest BCUT2D eigenvalue weighted by molar-refractivity contribution is -0.137. The number of nitrogens with one attached hydrogen (secondary N) is 1. The number of hydrogen-bond acceptors (Lipinski definition) is 4. The first-order chi connectivity index (χ1) is 15.0. The van der Waals surface area contributed by atoms with E-state index >= 15 is 0 Å². The summed E-state index contributed by atoms with van der Waals surface area (Å²) in [7, 11) is 0. The van der Waals surface area contributed by atoms with Crippen LogP contribution in [0.25, 0.3) is 0 Å². The minimum absolute atomic E-state index is 0.0458. The number of aliphatic carboxylic acids is 1. The molecule has 0 unspecified atom stereocenters. The maximum Gasteiger partial charge on any atom is 0.304 e. The van der Waals surface area contributed by atoms with Gasteiger partial charge in [0, 0.05) is 36.5 Å². The summed E-state index contributed by atoms with van der Waals surface area (Å²) in [5.41, 5.74) is 1.34. The highest BCUT2D eigenvalue weighted by Crippen LogP contribution is 2.42. The number of halogens is 1. The fourth-order valence-corrected chi connectivity index (χ4v) is 4.51. The van der Waals surface area contributed by atoms with Gasteiger partial charge in [-0.15, -0.1) is 0 Å². The molecule has 0 radical (unpaired) electrons. The molecule has 2 fully saturated rings. The summed E-state index contributed by atoms with van der Waals surface area (Å²) in [6, 6.07) is 17.4. The van der Waals surface area contributed by atoms with Crippen molar-refractivity contribution in [2.24, 2.45) is 5.41 Å². The van der Waals surface area contributed by atoms with E-state index in [2.05, 4.69) is 34.5 Å². The molecule has 0 bridgehead atoms. The van der Waals surface area contributed by atoms with Gasteiger partial charge in [-0.2, -0.15) is 0 Å². The van der Waals surface area contributed by atoms with Gasteiger partial charge in [-0.05, 0) is 50.0 Å². The zero-order chi connectivity index (χ0) is 21.7. The van der Waals surface area contributed by atoms with Crippen LogP contribution in [-0.4, -0.2) is 54.8 Å². The predicted molar refractivity (Wildman–Crippen MR) is 118 cm³/mol. The van der Waals surface area contributed by atoms with Crippen molar-refractivity contribution in [3.63, 3.8) is 0 Å². The number of piperidine rings is 1. The Morgan fingerprint density at radius 3 is 2.65 bits per heavy atom. The van der Waals surface area contributed by atoms with Crippen molar-refractivity contribution in [1.29, 1.82) is 0 Å². The molecular weight excluding hydrogens is 395 g/mol. The Bertz CT molecular complexity index is 868. The second-order valence-electron chi connectivity index (χ2n) is 8.97. The molecule has 2 atom stereocenters. The molecule has 2 aliphatic rings. The molecule has 1 aliphatic heterocycles. The minimum Gasteiger partial charge on any atom is -0.493 e. The molecule has 6 heteroatoms. The number of hydrogen-bond donors (Lipinski definition) is 2. The maximum atomic E-state index is 13.5. The Kier molecular flexibility index (Phi) is 6.88. The molecule has 2 aromatic rings. The number of rotatable bonds is 10. The van der Waals surface area contributed by atoms with Crippen LogP contribution in [0.3, 0.4) is 0 Å². The van der Waals surface area contributed by atoms with Crippen LogP contribution >= 0.6 is 0 Å². The number of carboxylic acids is 1. The second kappa shape index (κ2) is 9.79. The largest absolute Gasteiger partial charge is 0.493 e. The van der Waals surface area contributed by atoms with Crippen molar-refractivity contribution in [2.45, 2.75) is 37.6 Å². The molecule has 4 rings (SSSR count). The van der Waals surface area contributed by atoms with Crippen molar-refractivity contribution in [3.05, 3.63) is 66.0 Å². The molecule has 1 aliphatic carbocycles. The highest BCUT2D eigenvalue weighted by molar-refractivity contribution is 5.66. The van der Waals surface area contributed by atoms with E-state index in [1.165, 1.54) is 17.7 Å². The summed E-state index contributed by atoms with van der Waals surface area (Å²) < 4.78 is 19.6. The molecule has 1 saturated carbocycles. The standard InChI is InChI=1S/C25H31FN2O3/c26-20-7-4-8-21(15-20)31-18-25(10-13-28(14-11-25)12-9-24(29)30)17-27-23-16-22(23)19-5-2-1-3-6-19/h1-8,15,22-23,27H,9-14,16-18H2,(H,29,30)/t22-,23+/m0/s1. The molecule has 166 valence electrons. The van der Waals surface area contributed by atoms with Crippen molar-refractivity contribution in [3.8, 4) is 5.75 Å². The Balaban J connectivity index is 1.35. The number of ether oxygens (including phenoxy) is 1. The molecule has 2 N–H and O–H groups in total. The van der Waals surface area contributed by atoms with Gasteiger partial charge in [0.2, 0.25) is 0 Å². The van der Waals surface area contributed by atoms with Gasteiger partial charge >= 0.3 is 5.97 Å². The van der Waals surface area contributed by atoms with Crippen LogP contribution < -0.4 is 10.1 Å². The van der Waals surface area contributed by atoms with Crippen LogP contribution in [0, 0.1) is 11.2 Å². The van der Waals surface area contributed by atoms with E-state index in [1.54, 1.807) is 12.1 Å². The van der Waals surface area contributed by atoms with Gasteiger partial charge < -0.3 is 20.1 Å². The first-order valence-corrected chi connectivity index (χ1v) is 11.1. The third-order valence-electron chi connectivity index (χ3n) is 6.66. The second-order valence-corrected chi connectivity index (χ2v) is 8.97. The van der Waals surface area contributed by atoms with Gasteiger partial charge in [-0.3, -0.25) is 4.79 Å². The lowest BCUT2D eigenvalue weighted by atomic mass is 9.78. The molecule has 0 aromatic heterocycles. The fourth-order valence-electron chi connectivity index (χ4n) is 4.51. The zero-order valence-electron chi connectivity index (χ0n) is 17.8. The van der Waals surface area contributed by atoms with E-state index < -0.39 is 5.97 Å². The SMILES string of the molecule is O=C(O)CCN1CCC(CN[C@@H]2C[C@H]2c2ccccc2)(COc2cccc(F)c2)CC1. The fraction of sp³-hybridized carbons (Fsp3) is 0.480. The van der Waals surface area contributed by atoms with E-state index in [1.807, 2.05) is 6.07 Å². The zero-order valence-corrected chi connectivity index (χ0v) is 17.8. The Hall–Kier alpha value is -2.44. The van der Waals surface area contributed by atoms with Crippen LogP contribution in [0.15, 0.2) is 54.6 Å². The average Bonchev–Trinajstić information content (AvgIpc) is 3.57. The smallest absolute Gasteiger partial charge is 0.304 e. The highest BCUT2D eigenvalue weighted by atomic mass is 19.1. The quantitative estimate of drug-likeness (QED) is 0.603. The molecule has 0 spiro atoms. The first kappa shape index (κ1) is 21.8. The maximum absolute atomic E-state index is 13.5. The van der Waals surface area contributed by atoms with Crippen molar-refractivity contribution < 1.29 is 19.0 Å². The summed E-state index contributed by atoms with van der Waals surface area (Å²) in [6.07, 6.45) is 3.18. The van der Waals surface area contributed by atoms with E-state index in [-0.39, 0.29) is 17.7 Å². The van der Waals surface area contributed by atoms with Crippen molar-refractivity contribution in [1.82, 2.24) is 10.2 Å². The summed E-state index contributed by atoms with van der Waals surface area (Å²) in [5, 5.41) is 12.7. The Labute approximate surface area is 183 Å². The van der Waals surface area contributed by atoms with Gasteiger partial charge in [0.1, 0.15) is 11.6 Å². The summed E-state index contributed by atoms with van der Waals surface area (Å²) in [4.78, 5) is 13.1. The van der Waals surface area contributed by atoms with Crippen LogP contribution in [0.1, 0.15) is 37.2 Å². The number of carbonyl (C=O) groups is 1. The van der Waals surface area contributed by atoms with E-state index in [0.29, 0.717) is 30.9 Å². The lowest BCUT2D eigenvalue weighted by Crippen LogP contribution is -2.49. The third kappa shape index (κ3) is 6.05. The van der Waals surface area contributed by atoms with E-state index in [0.717, 1.165) is 38.9 Å².